The van der Waals surface area contributed by atoms with E-state index in [0.29, 0.717) is 11.7 Å². The van der Waals surface area contributed by atoms with Crippen molar-refractivity contribution < 1.29 is 4.79 Å². The lowest BCUT2D eigenvalue weighted by Gasteiger charge is -2.32. The zero-order valence-electron chi connectivity index (χ0n) is 15.2. The molecule has 0 spiro atoms. The van der Waals surface area contributed by atoms with Crippen LogP contribution in [0.1, 0.15) is 62.0 Å². The molecule has 3 heterocycles. The molecule has 7 heteroatoms. The molecule has 0 saturated carbocycles. The van der Waals surface area contributed by atoms with Crippen LogP contribution in [0.4, 0.5) is 0 Å². The summed E-state index contributed by atoms with van der Waals surface area (Å²) in [6.07, 6.45) is 8.85. The molecule has 2 fully saturated rings. The van der Waals surface area contributed by atoms with Gasteiger partial charge in [0.05, 0.1) is 6.04 Å². The summed E-state index contributed by atoms with van der Waals surface area (Å²) in [5.41, 5.74) is 0.550. The average Bonchev–Trinajstić information content (AvgIpc) is 3.12. The minimum absolute atomic E-state index is 0. The summed E-state index contributed by atoms with van der Waals surface area (Å²) in [6, 6.07) is 2.51. The van der Waals surface area contributed by atoms with Crippen LogP contribution in [0.2, 0.25) is 0 Å². The van der Waals surface area contributed by atoms with Crippen molar-refractivity contribution in [3.05, 3.63) is 18.0 Å². The maximum absolute atomic E-state index is 12.4. The molecular weight excluding hydrogens is 338 g/mol. The summed E-state index contributed by atoms with van der Waals surface area (Å²) in [7, 11) is 0. The number of carbonyl (C=O) groups is 1. The van der Waals surface area contributed by atoms with Gasteiger partial charge in [-0.05, 0) is 51.3 Å². The third kappa shape index (κ3) is 5.69. The van der Waals surface area contributed by atoms with Gasteiger partial charge in [0.15, 0.2) is 0 Å². The highest BCUT2D eigenvalue weighted by Gasteiger charge is 2.22. The van der Waals surface area contributed by atoms with Gasteiger partial charge >= 0.3 is 0 Å². The quantitative estimate of drug-likeness (QED) is 0.807. The van der Waals surface area contributed by atoms with Crippen molar-refractivity contribution in [2.75, 3.05) is 32.7 Å². The Labute approximate surface area is 157 Å². The maximum atomic E-state index is 12.4. The SMILES string of the molecule is CCCCN1CCC(NC(=O)c2ccn(C3CCCNC3)n2)CC1.Cl. The molecule has 1 amide bonds. The Morgan fingerprint density at radius 2 is 2.16 bits per heavy atom. The molecule has 25 heavy (non-hydrogen) atoms. The Balaban J connectivity index is 0.00000225. The van der Waals surface area contributed by atoms with Gasteiger partial charge in [-0.25, -0.2) is 0 Å². The number of rotatable bonds is 6. The summed E-state index contributed by atoms with van der Waals surface area (Å²) in [4.78, 5) is 15.0. The van der Waals surface area contributed by atoms with E-state index in [-0.39, 0.29) is 24.4 Å². The number of likely N-dealkylation sites (tertiary alicyclic amines) is 1. The number of unbranched alkanes of at least 4 members (excludes halogenated alkanes) is 1. The highest BCUT2D eigenvalue weighted by Crippen LogP contribution is 2.16. The van der Waals surface area contributed by atoms with Gasteiger partial charge in [-0.15, -0.1) is 12.4 Å². The number of nitrogens with zero attached hydrogens (tertiary/aromatic N) is 3. The summed E-state index contributed by atoms with van der Waals surface area (Å²) in [5, 5.41) is 11.1. The monoisotopic (exact) mass is 369 g/mol. The largest absolute Gasteiger partial charge is 0.348 e. The average molecular weight is 370 g/mol. The van der Waals surface area contributed by atoms with Gasteiger partial charge in [0.1, 0.15) is 5.69 Å². The highest BCUT2D eigenvalue weighted by molar-refractivity contribution is 5.92. The van der Waals surface area contributed by atoms with Crippen LogP contribution < -0.4 is 10.6 Å². The Morgan fingerprint density at radius 3 is 2.84 bits per heavy atom. The molecule has 6 nitrogen and oxygen atoms in total. The normalized spacial score (nSPS) is 22.4. The van der Waals surface area contributed by atoms with Crippen LogP contribution in [-0.4, -0.2) is 59.4 Å². The number of hydrogen-bond donors (Lipinski definition) is 2. The van der Waals surface area contributed by atoms with Gasteiger partial charge in [0, 0.05) is 31.9 Å². The van der Waals surface area contributed by atoms with Crippen LogP contribution in [-0.2, 0) is 0 Å². The molecule has 2 N–H and O–H groups in total. The predicted molar refractivity (Wildman–Crippen MR) is 102 cm³/mol. The van der Waals surface area contributed by atoms with E-state index in [0.717, 1.165) is 45.4 Å². The summed E-state index contributed by atoms with van der Waals surface area (Å²) >= 11 is 0. The molecule has 1 atom stereocenters. The topological polar surface area (TPSA) is 62.2 Å². The van der Waals surface area contributed by atoms with Gasteiger partial charge in [0.2, 0.25) is 0 Å². The van der Waals surface area contributed by atoms with E-state index in [1.165, 1.54) is 25.8 Å². The molecule has 0 bridgehead atoms. The third-order valence-electron chi connectivity index (χ3n) is 5.24. The van der Waals surface area contributed by atoms with Crippen molar-refractivity contribution in [2.24, 2.45) is 0 Å². The summed E-state index contributed by atoms with van der Waals surface area (Å²) in [5.74, 6) is -0.0236. The van der Waals surface area contributed by atoms with Crippen molar-refractivity contribution in [3.63, 3.8) is 0 Å². The Hall–Kier alpha value is -1.11. The first-order chi connectivity index (χ1) is 11.8. The van der Waals surface area contributed by atoms with Crippen molar-refractivity contribution in [2.45, 2.75) is 57.5 Å². The minimum Gasteiger partial charge on any atom is -0.348 e. The first-order valence-corrected chi connectivity index (χ1v) is 9.55. The smallest absolute Gasteiger partial charge is 0.271 e. The lowest BCUT2D eigenvalue weighted by molar-refractivity contribution is 0.0904. The number of amides is 1. The van der Waals surface area contributed by atoms with E-state index in [9.17, 15) is 4.79 Å². The number of nitrogens with one attached hydrogen (secondary N) is 2. The Bertz CT molecular complexity index is 521. The number of hydrogen-bond acceptors (Lipinski definition) is 4. The van der Waals surface area contributed by atoms with Crippen LogP contribution in [0.15, 0.2) is 12.3 Å². The zero-order valence-corrected chi connectivity index (χ0v) is 16.1. The number of halogens is 1. The van der Waals surface area contributed by atoms with E-state index < -0.39 is 0 Å². The molecule has 1 aromatic heterocycles. The molecule has 1 unspecified atom stereocenters. The molecule has 2 saturated heterocycles. The second-order valence-electron chi connectivity index (χ2n) is 7.12. The lowest BCUT2D eigenvalue weighted by Crippen LogP contribution is -2.45. The predicted octanol–water partition coefficient (Wildman–Crippen LogP) is 2.22. The maximum Gasteiger partial charge on any atom is 0.271 e. The van der Waals surface area contributed by atoms with Crippen LogP contribution in [0.3, 0.4) is 0 Å². The van der Waals surface area contributed by atoms with Crippen molar-refractivity contribution in [1.29, 1.82) is 0 Å². The van der Waals surface area contributed by atoms with Crippen LogP contribution >= 0.6 is 12.4 Å². The standard InChI is InChI=1S/C18H31N5O.ClH/c1-2-3-10-22-11-6-15(7-12-22)20-18(24)17-8-13-23(21-17)16-5-4-9-19-14-16;/h8,13,15-16,19H,2-7,9-12,14H2,1H3,(H,20,24);1H. The van der Waals surface area contributed by atoms with Crippen molar-refractivity contribution in [1.82, 2.24) is 25.3 Å². The molecular formula is C18H32ClN5O. The van der Waals surface area contributed by atoms with E-state index in [1.54, 1.807) is 0 Å². The van der Waals surface area contributed by atoms with E-state index in [2.05, 4.69) is 27.6 Å². The molecule has 0 radical (unpaired) electrons. The summed E-state index contributed by atoms with van der Waals surface area (Å²) in [6.45, 7) is 7.63. The van der Waals surface area contributed by atoms with Gasteiger partial charge in [-0.1, -0.05) is 13.3 Å². The molecule has 3 rings (SSSR count). The van der Waals surface area contributed by atoms with Crippen LogP contribution in [0.5, 0.6) is 0 Å². The first kappa shape index (κ1) is 20.2. The minimum atomic E-state index is -0.0236. The molecule has 0 aliphatic carbocycles. The Morgan fingerprint density at radius 1 is 1.36 bits per heavy atom. The van der Waals surface area contributed by atoms with Crippen molar-refractivity contribution in [3.8, 4) is 0 Å². The second kappa shape index (κ2) is 10.1. The van der Waals surface area contributed by atoms with E-state index in [1.807, 2.05) is 16.9 Å². The highest BCUT2D eigenvalue weighted by atomic mass is 35.5. The number of aromatic nitrogens is 2. The van der Waals surface area contributed by atoms with Crippen LogP contribution in [0.25, 0.3) is 0 Å². The number of carbonyl (C=O) groups excluding carboxylic acids is 1. The fourth-order valence-corrected chi connectivity index (χ4v) is 3.66. The summed E-state index contributed by atoms with van der Waals surface area (Å²) < 4.78 is 1.95. The van der Waals surface area contributed by atoms with Gasteiger partial charge in [-0.2, -0.15) is 5.10 Å². The molecule has 1 aromatic rings. The fourth-order valence-electron chi connectivity index (χ4n) is 3.66. The van der Waals surface area contributed by atoms with Crippen molar-refractivity contribution >= 4 is 18.3 Å². The molecule has 0 aromatic carbocycles. The Kier molecular flexibility index (Phi) is 8.19. The van der Waals surface area contributed by atoms with Gasteiger partial charge in [0.25, 0.3) is 5.91 Å². The van der Waals surface area contributed by atoms with Gasteiger partial charge in [-0.3, -0.25) is 9.48 Å². The molecule has 2 aliphatic rings. The van der Waals surface area contributed by atoms with Gasteiger partial charge < -0.3 is 15.5 Å². The second-order valence-corrected chi connectivity index (χ2v) is 7.12. The lowest BCUT2D eigenvalue weighted by atomic mass is 10.0. The third-order valence-corrected chi connectivity index (χ3v) is 5.24. The zero-order chi connectivity index (χ0) is 16.8. The van der Waals surface area contributed by atoms with E-state index >= 15 is 0 Å². The molecule has 2 aliphatic heterocycles. The first-order valence-electron chi connectivity index (χ1n) is 9.55. The fraction of sp³-hybridized carbons (Fsp3) is 0.778. The number of piperidine rings is 2. The van der Waals surface area contributed by atoms with E-state index in [4.69, 9.17) is 0 Å². The van der Waals surface area contributed by atoms with Crippen LogP contribution in [0, 0.1) is 0 Å². The molecule has 142 valence electrons.